The summed E-state index contributed by atoms with van der Waals surface area (Å²) < 4.78 is 5.87. The summed E-state index contributed by atoms with van der Waals surface area (Å²) in [5.41, 5.74) is 2.31. The van der Waals surface area contributed by atoms with Crippen molar-refractivity contribution in [2.45, 2.75) is 33.1 Å². The lowest BCUT2D eigenvalue weighted by Gasteiger charge is -2.22. The molecule has 1 aromatic carbocycles. The summed E-state index contributed by atoms with van der Waals surface area (Å²) >= 11 is 6.22. The molecule has 1 fully saturated rings. The van der Waals surface area contributed by atoms with Gasteiger partial charge in [0.2, 0.25) is 0 Å². The van der Waals surface area contributed by atoms with Gasteiger partial charge in [0.1, 0.15) is 5.75 Å². The molecule has 2 rings (SSSR count). The fourth-order valence-corrected chi connectivity index (χ4v) is 2.96. The predicted octanol–water partition coefficient (Wildman–Crippen LogP) is 4.15. The van der Waals surface area contributed by atoms with Crippen LogP contribution in [0.4, 0.5) is 0 Å². The van der Waals surface area contributed by atoms with E-state index >= 15 is 0 Å². The Hall–Kier alpha value is -0.440. The lowest BCUT2D eigenvalue weighted by molar-refractivity contribution is 0.251. The Bertz CT molecular complexity index is 380. The van der Waals surface area contributed by atoms with Crippen LogP contribution in [0, 0.1) is 19.8 Å². The molecule has 0 saturated carbocycles. The minimum Gasteiger partial charge on any atom is -0.492 e. The third kappa shape index (κ3) is 4.87. The zero-order valence-corrected chi connectivity index (χ0v) is 13.2. The number of rotatable bonds is 4. The summed E-state index contributed by atoms with van der Waals surface area (Å²) in [7, 11) is 0. The normalized spacial score (nSPS) is 15.9. The van der Waals surface area contributed by atoms with Gasteiger partial charge in [0.15, 0.2) is 0 Å². The van der Waals surface area contributed by atoms with E-state index in [0.717, 1.165) is 48.4 Å². The van der Waals surface area contributed by atoms with E-state index in [4.69, 9.17) is 16.3 Å². The highest BCUT2D eigenvalue weighted by Gasteiger charge is 2.13. The number of hydrogen-bond donors (Lipinski definition) is 1. The van der Waals surface area contributed by atoms with Crippen molar-refractivity contribution in [3.8, 4) is 5.75 Å². The molecule has 0 radical (unpaired) electrons. The molecule has 0 bridgehead atoms. The van der Waals surface area contributed by atoms with E-state index in [1.54, 1.807) is 0 Å². The number of aryl methyl sites for hydroxylation is 2. The molecule has 0 spiro atoms. The van der Waals surface area contributed by atoms with Crippen LogP contribution in [0.5, 0.6) is 5.75 Å². The lowest BCUT2D eigenvalue weighted by Crippen LogP contribution is -2.28. The highest BCUT2D eigenvalue weighted by Crippen LogP contribution is 2.30. The highest BCUT2D eigenvalue weighted by molar-refractivity contribution is 6.32. The summed E-state index contributed by atoms with van der Waals surface area (Å²) in [5, 5.41) is 4.12. The summed E-state index contributed by atoms with van der Waals surface area (Å²) in [5.74, 6) is 1.66. The first-order valence-corrected chi connectivity index (χ1v) is 7.15. The SMILES string of the molecule is Cc1cc(C)c(OCCC2CCNCC2)c(Cl)c1.Cl. The van der Waals surface area contributed by atoms with Gasteiger partial charge in [0.05, 0.1) is 11.6 Å². The van der Waals surface area contributed by atoms with Crippen LogP contribution < -0.4 is 10.1 Å². The molecule has 108 valence electrons. The quantitative estimate of drug-likeness (QED) is 0.902. The first kappa shape index (κ1) is 16.6. The van der Waals surface area contributed by atoms with Gasteiger partial charge in [-0.25, -0.2) is 0 Å². The zero-order chi connectivity index (χ0) is 13.0. The second kappa shape index (κ2) is 7.98. The number of halogens is 2. The Morgan fingerprint density at radius 1 is 1.26 bits per heavy atom. The fraction of sp³-hybridized carbons (Fsp3) is 0.600. The minimum absolute atomic E-state index is 0. The number of ether oxygens (including phenoxy) is 1. The smallest absolute Gasteiger partial charge is 0.140 e. The van der Waals surface area contributed by atoms with Gasteiger partial charge >= 0.3 is 0 Å². The van der Waals surface area contributed by atoms with Gasteiger partial charge in [-0.15, -0.1) is 12.4 Å². The molecule has 1 heterocycles. The van der Waals surface area contributed by atoms with E-state index in [2.05, 4.69) is 25.2 Å². The summed E-state index contributed by atoms with van der Waals surface area (Å²) in [4.78, 5) is 0. The van der Waals surface area contributed by atoms with Crippen molar-refractivity contribution in [3.05, 3.63) is 28.3 Å². The van der Waals surface area contributed by atoms with Crippen LogP contribution in [0.1, 0.15) is 30.4 Å². The molecular weight excluding hydrogens is 281 g/mol. The number of benzene rings is 1. The van der Waals surface area contributed by atoms with Crippen molar-refractivity contribution in [1.82, 2.24) is 5.32 Å². The molecule has 4 heteroatoms. The minimum atomic E-state index is 0. The van der Waals surface area contributed by atoms with E-state index in [1.165, 1.54) is 18.4 Å². The summed E-state index contributed by atoms with van der Waals surface area (Å²) in [6.45, 7) is 7.18. The van der Waals surface area contributed by atoms with Gasteiger partial charge in [0, 0.05) is 0 Å². The van der Waals surface area contributed by atoms with E-state index in [9.17, 15) is 0 Å². The van der Waals surface area contributed by atoms with Crippen molar-refractivity contribution in [1.29, 1.82) is 0 Å². The van der Waals surface area contributed by atoms with Crippen molar-refractivity contribution < 1.29 is 4.74 Å². The third-order valence-electron chi connectivity index (χ3n) is 3.60. The van der Waals surface area contributed by atoms with Crippen LogP contribution in [0.2, 0.25) is 5.02 Å². The van der Waals surface area contributed by atoms with Crippen LogP contribution in [0.3, 0.4) is 0 Å². The van der Waals surface area contributed by atoms with Gasteiger partial charge in [-0.2, -0.15) is 0 Å². The summed E-state index contributed by atoms with van der Waals surface area (Å²) in [6, 6.07) is 4.08. The molecule has 0 aliphatic carbocycles. The monoisotopic (exact) mass is 303 g/mol. The maximum absolute atomic E-state index is 6.22. The maximum Gasteiger partial charge on any atom is 0.140 e. The average Bonchev–Trinajstić information content (AvgIpc) is 2.34. The van der Waals surface area contributed by atoms with Gasteiger partial charge < -0.3 is 10.1 Å². The van der Waals surface area contributed by atoms with Crippen LogP contribution in [-0.4, -0.2) is 19.7 Å². The number of hydrogen-bond acceptors (Lipinski definition) is 2. The molecule has 0 unspecified atom stereocenters. The van der Waals surface area contributed by atoms with Gasteiger partial charge in [-0.1, -0.05) is 17.7 Å². The van der Waals surface area contributed by atoms with Crippen LogP contribution >= 0.6 is 24.0 Å². The Balaban J connectivity index is 0.00000180. The number of nitrogens with one attached hydrogen (secondary N) is 1. The molecular formula is C15H23Cl2NO. The maximum atomic E-state index is 6.22. The van der Waals surface area contributed by atoms with Gasteiger partial charge in [0.25, 0.3) is 0 Å². The van der Waals surface area contributed by atoms with Crippen molar-refractivity contribution in [3.63, 3.8) is 0 Å². The Morgan fingerprint density at radius 2 is 1.95 bits per heavy atom. The molecule has 2 nitrogen and oxygen atoms in total. The molecule has 1 N–H and O–H groups in total. The average molecular weight is 304 g/mol. The van der Waals surface area contributed by atoms with Crippen molar-refractivity contribution >= 4 is 24.0 Å². The van der Waals surface area contributed by atoms with Crippen molar-refractivity contribution in [2.24, 2.45) is 5.92 Å². The molecule has 19 heavy (non-hydrogen) atoms. The van der Waals surface area contributed by atoms with Gasteiger partial charge in [-0.3, -0.25) is 0 Å². The van der Waals surface area contributed by atoms with Crippen LogP contribution in [-0.2, 0) is 0 Å². The Labute approximate surface area is 127 Å². The van der Waals surface area contributed by atoms with Crippen LogP contribution in [0.25, 0.3) is 0 Å². The molecule has 0 aromatic heterocycles. The second-order valence-electron chi connectivity index (χ2n) is 5.22. The first-order chi connectivity index (χ1) is 8.66. The van der Waals surface area contributed by atoms with E-state index < -0.39 is 0 Å². The molecule has 1 aliphatic heterocycles. The number of piperidine rings is 1. The molecule has 1 saturated heterocycles. The summed E-state index contributed by atoms with van der Waals surface area (Å²) in [6.07, 6.45) is 3.67. The Morgan fingerprint density at radius 3 is 2.58 bits per heavy atom. The highest BCUT2D eigenvalue weighted by atomic mass is 35.5. The largest absolute Gasteiger partial charge is 0.492 e. The zero-order valence-electron chi connectivity index (χ0n) is 11.7. The first-order valence-electron chi connectivity index (χ1n) is 6.77. The third-order valence-corrected chi connectivity index (χ3v) is 3.89. The van der Waals surface area contributed by atoms with Crippen molar-refractivity contribution in [2.75, 3.05) is 19.7 Å². The molecule has 1 aliphatic rings. The molecule has 0 atom stereocenters. The van der Waals surface area contributed by atoms with E-state index in [-0.39, 0.29) is 12.4 Å². The van der Waals surface area contributed by atoms with Gasteiger partial charge in [-0.05, 0) is 69.3 Å². The molecule has 1 aromatic rings. The van der Waals surface area contributed by atoms with E-state index in [1.807, 2.05) is 6.07 Å². The predicted molar refractivity (Wildman–Crippen MR) is 83.9 cm³/mol. The van der Waals surface area contributed by atoms with E-state index in [0.29, 0.717) is 0 Å². The Kier molecular flexibility index (Phi) is 6.98. The topological polar surface area (TPSA) is 21.3 Å². The molecule has 0 amide bonds. The lowest BCUT2D eigenvalue weighted by atomic mass is 9.95. The fourth-order valence-electron chi connectivity index (χ4n) is 2.58. The standard InChI is InChI=1S/C15H22ClNO.ClH/c1-11-9-12(2)15(14(16)10-11)18-8-5-13-3-6-17-7-4-13;/h9-10,13,17H,3-8H2,1-2H3;1H. The van der Waals surface area contributed by atoms with Crippen LogP contribution in [0.15, 0.2) is 12.1 Å². The second-order valence-corrected chi connectivity index (χ2v) is 5.63.